The van der Waals surface area contributed by atoms with Crippen molar-refractivity contribution in [2.24, 2.45) is 5.73 Å². The lowest BCUT2D eigenvalue weighted by molar-refractivity contribution is -0.0644. The van der Waals surface area contributed by atoms with Gasteiger partial charge in [0.25, 0.3) is 0 Å². The maximum absolute atomic E-state index is 9.63. The largest absolute Gasteiger partial charge is 0.394 e. The number of aliphatic hydroxyl groups is 2. The predicted octanol–water partition coefficient (Wildman–Crippen LogP) is -1.36. The summed E-state index contributed by atoms with van der Waals surface area (Å²) in [5, 5.41) is 18.6. The van der Waals surface area contributed by atoms with Gasteiger partial charge in [0.1, 0.15) is 6.10 Å². The van der Waals surface area contributed by atoms with Gasteiger partial charge in [0.15, 0.2) is 0 Å². The first-order chi connectivity index (χ1) is 6.61. The van der Waals surface area contributed by atoms with Crippen LogP contribution in [-0.4, -0.2) is 67.7 Å². The maximum atomic E-state index is 9.63. The Labute approximate surface area is 85.5 Å². The normalized spacial score (nSPS) is 15.9. The summed E-state index contributed by atoms with van der Waals surface area (Å²) < 4.78 is 5.19. The van der Waals surface area contributed by atoms with Crippen molar-refractivity contribution in [3.05, 3.63) is 0 Å². The van der Waals surface area contributed by atoms with Crippen LogP contribution >= 0.6 is 0 Å². The average molecular weight is 206 g/mol. The van der Waals surface area contributed by atoms with Gasteiger partial charge in [-0.2, -0.15) is 0 Å². The van der Waals surface area contributed by atoms with E-state index in [0.717, 1.165) is 6.54 Å². The van der Waals surface area contributed by atoms with Crippen molar-refractivity contribution < 1.29 is 14.9 Å². The van der Waals surface area contributed by atoms with Crippen molar-refractivity contribution in [2.75, 3.05) is 40.4 Å². The highest BCUT2D eigenvalue weighted by atomic mass is 16.5. The molecule has 0 aromatic rings. The van der Waals surface area contributed by atoms with Gasteiger partial charge in [0, 0.05) is 13.1 Å². The van der Waals surface area contributed by atoms with Crippen molar-refractivity contribution in [1.29, 1.82) is 0 Å². The van der Waals surface area contributed by atoms with E-state index in [1.165, 1.54) is 0 Å². The number of ether oxygens (including phenoxy) is 1. The molecule has 86 valence electrons. The van der Waals surface area contributed by atoms with Crippen LogP contribution in [0.25, 0.3) is 0 Å². The molecule has 0 aliphatic carbocycles. The Morgan fingerprint density at radius 1 is 1.43 bits per heavy atom. The average Bonchev–Trinajstić information content (AvgIpc) is 2.16. The maximum Gasteiger partial charge on any atom is 0.106 e. The van der Waals surface area contributed by atoms with Gasteiger partial charge in [0.05, 0.1) is 19.3 Å². The minimum absolute atomic E-state index is 0.172. The van der Waals surface area contributed by atoms with Crippen LogP contribution in [0.1, 0.15) is 6.42 Å². The second kappa shape index (κ2) is 8.14. The van der Waals surface area contributed by atoms with Crippen molar-refractivity contribution in [1.82, 2.24) is 4.90 Å². The van der Waals surface area contributed by atoms with E-state index >= 15 is 0 Å². The van der Waals surface area contributed by atoms with Crippen LogP contribution in [0.4, 0.5) is 0 Å². The fourth-order valence-corrected chi connectivity index (χ4v) is 1.08. The molecule has 4 N–H and O–H groups in total. The van der Waals surface area contributed by atoms with Gasteiger partial charge < -0.3 is 25.6 Å². The first-order valence-electron chi connectivity index (χ1n) is 4.87. The molecule has 0 aliphatic heterocycles. The van der Waals surface area contributed by atoms with Gasteiger partial charge in [-0.15, -0.1) is 0 Å². The molecule has 0 rings (SSSR count). The molecule has 0 fully saturated rings. The minimum atomic E-state index is -0.631. The van der Waals surface area contributed by atoms with Crippen LogP contribution in [0.2, 0.25) is 0 Å². The number of rotatable bonds is 8. The fraction of sp³-hybridized carbons (Fsp3) is 1.00. The molecular weight excluding hydrogens is 184 g/mol. The molecule has 0 bridgehead atoms. The molecule has 0 amide bonds. The summed E-state index contributed by atoms with van der Waals surface area (Å²) in [6.45, 7) is 1.36. The number of hydrogen-bond donors (Lipinski definition) is 3. The molecule has 5 heteroatoms. The van der Waals surface area contributed by atoms with Gasteiger partial charge >= 0.3 is 0 Å². The van der Waals surface area contributed by atoms with Gasteiger partial charge in [-0.3, -0.25) is 0 Å². The molecule has 14 heavy (non-hydrogen) atoms. The highest BCUT2D eigenvalue weighted by molar-refractivity contribution is 4.69. The second-order valence-corrected chi connectivity index (χ2v) is 3.54. The van der Waals surface area contributed by atoms with E-state index in [2.05, 4.69) is 0 Å². The van der Waals surface area contributed by atoms with Crippen molar-refractivity contribution in [3.63, 3.8) is 0 Å². The molecule has 0 saturated heterocycles. The van der Waals surface area contributed by atoms with E-state index < -0.39 is 12.2 Å². The predicted molar refractivity (Wildman–Crippen MR) is 55.1 cm³/mol. The van der Waals surface area contributed by atoms with Crippen molar-refractivity contribution >= 4 is 0 Å². The van der Waals surface area contributed by atoms with E-state index in [1.54, 1.807) is 0 Å². The van der Waals surface area contributed by atoms with Crippen LogP contribution in [0.3, 0.4) is 0 Å². The quantitative estimate of drug-likeness (QED) is 0.457. The molecule has 0 heterocycles. The first kappa shape index (κ1) is 13.8. The Kier molecular flexibility index (Phi) is 8.02. The molecule has 2 atom stereocenters. The number of nitrogens with zero attached hydrogens (tertiary/aromatic N) is 1. The van der Waals surface area contributed by atoms with Crippen LogP contribution in [0, 0.1) is 0 Å². The van der Waals surface area contributed by atoms with Crippen molar-refractivity contribution in [2.45, 2.75) is 18.6 Å². The number of hydrogen-bond acceptors (Lipinski definition) is 5. The van der Waals surface area contributed by atoms with E-state index in [9.17, 15) is 5.11 Å². The third-order valence-corrected chi connectivity index (χ3v) is 1.93. The lowest BCUT2D eigenvalue weighted by Gasteiger charge is -2.22. The topological polar surface area (TPSA) is 79.0 Å². The van der Waals surface area contributed by atoms with Gasteiger partial charge in [0.2, 0.25) is 0 Å². The minimum Gasteiger partial charge on any atom is -0.394 e. The molecule has 0 aromatic carbocycles. The highest BCUT2D eigenvalue weighted by Gasteiger charge is 2.18. The third-order valence-electron chi connectivity index (χ3n) is 1.93. The van der Waals surface area contributed by atoms with Crippen LogP contribution < -0.4 is 5.73 Å². The van der Waals surface area contributed by atoms with Crippen LogP contribution in [-0.2, 0) is 4.74 Å². The third kappa shape index (κ3) is 6.28. The summed E-state index contributed by atoms with van der Waals surface area (Å²) in [6, 6.07) is 0. The summed E-state index contributed by atoms with van der Waals surface area (Å²) in [5.41, 5.74) is 5.26. The van der Waals surface area contributed by atoms with E-state index in [4.69, 9.17) is 15.6 Å². The molecular formula is C9H22N2O3. The molecule has 5 nitrogen and oxygen atoms in total. The smallest absolute Gasteiger partial charge is 0.106 e. The Balaban J connectivity index is 3.72. The van der Waals surface area contributed by atoms with E-state index in [1.807, 2.05) is 19.0 Å². The summed E-state index contributed by atoms with van der Waals surface area (Å²) in [4.78, 5) is 1.97. The van der Waals surface area contributed by atoms with Crippen LogP contribution in [0.15, 0.2) is 0 Å². The molecule has 0 radical (unpaired) electrons. The lowest BCUT2D eigenvalue weighted by Crippen LogP contribution is -2.36. The molecule has 2 unspecified atom stereocenters. The zero-order valence-corrected chi connectivity index (χ0v) is 9.02. The van der Waals surface area contributed by atoms with Gasteiger partial charge in [-0.1, -0.05) is 0 Å². The fourth-order valence-electron chi connectivity index (χ4n) is 1.08. The van der Waals surface area contributed by atoms with Gasteiger partial charge in [-0.05, 0) is 20.5 Å². The standard InChI is InChI=1S/C9H22N2O3/c1-11(2)5-3-8(13)9(7-12)14-6-4-10/h8-9,12-13H,3-7,10H2,1-2H3. The number of aliphatic hydroxyl groups excluding tert-OH is 2. The summed E-state index contributed by atoms with van der Waals surface area (Å²) >= 11 is 0. The van der Waals surface area contributed by atoms with E-state index in [-0.39, 0.29) is 6.61 Å². The van der Waals surface area contributed by atoms with E-state index in [0.29, 0.717) is 19.6 Å². The zero-order chi connectivity index (χ0) is 11.0. The Morgan fingerprint density at radius 2 is 2.07 bits per heavy atom. The summed E-state index contributed by atoms with van der Waals surface area (Å²) in [5.74, 6) is 0. The monoisotopic (exact) mass is 206 g/mol. The lowest BCUT2D eigenvalue weighted by atomic mass is 10.1. The molecule has 0 spiro atoms. The molecule has 0 aromatic heterocycles. The van der Waals surface area contributed by atoms with Crippen LogP contribution in [0.5, 0.6) is 0 Å². The zero-order valence-electron chi connectivity index (χ0n) is 9.02. The van der Waals surface area contributed by atoms with Crippen molar-refractivity contribution in [3.8, 4) is 0 Å². The highest BCUT2D eigenvalue weighted by Crippen LogP contribution is 2.03. The Morgan fingerprint density at radius 3 is 2.50 bits per heavy atom. The second-order valence-electron chi connectivity index (χ2n) is 3.54. The molecule has 0 saturated carbocycles. The Bertz CT molecular complexity index is 133. The first-order valence-corrected chi connectivity index (χ1v) is 4.87. The van der Waals surface area contributed by atoms with Gasteiger partial charge in [-0.25, -0.2) is 0 Å². The molecule has 0 aliphatic rings. The number of nitrogens with two attached hydrogens (primary N) is 1. The summed E-state index contributed by atoms with van der Waals surface area (Å²) in [7, 11) is 3.86. The Hall–Kier alpha value is -0.200. The SMILES string of the molecule is CN(C)CCC(O)C(CO)OCCN. The summed E-state index contributed by atoms with van der Waals surface area (Å²) in [6.07, 6.45) is -0.560.